The minimum Gasteiger partial charge on any atom is -0.389 e. The third-order valence-corrected chi connectivity index (χ3v) is 3.79. The van der Waals surface area contributed by atoms with Crippen LogP contribution >= 0.6 is 12.2 Å². The molecule has 0 aliphatic carbocycles. The van der Waals surface area contributed by atoms with Crippen molar-refractivity contribution in [1.29, 1.82) is 0 Å². The zero-order chi connectivity index (χ0) is 14.0. The Morgan fingerprint density at radius 2 is 1.89 bits per heavy atom. The van der Waals surface area contributed by atoms with Gasteiger partial charge in [0.2, 0.25) is 5.91 Å². The van der Waals surface area contributed by atoms with Crippen molar-refractivity contribution < 1.29 is 4.79 Å². The highest BCUT2D eigenvalue weighted by Gasteiger charge is 2.19. The van der Waals surface area contributed by atoms with Crippen molar-refractivity contribution >= 4 is 28.8 Å². The number of thiocarbonyl (C=S) groups is 1. The number of rotatable bonds is 2. The Morgan fingerprint density at radius 3 is 2.37 bits per heavy atom. The summed E-state index contributed by atoms with van der Waals surface area (Å²) >= 11 is 5.01. The molecule has 1 heterocycles. The normalized spacial score (nSPS) is 15.5. The molecule has 0 bridgehead atoms. The first-order valence-corrected chi connectivity index (χ1v) is 6.81. The second kappa shape index (κ2) is 5.57. The lowest BCUT2D eigenvalue weighted by molar-refractivity contribution is -0.129. The molecule has 5 heteroatoms. The molecule has 0 saturated carbocycles. The van der Waals surface area contributed by atoms with Crippen molar-refractivity contribution in [2.45, 2.75) is 13.8 Å². The Hall–Kier alpha value is -1.62. The first-order valence-electron chi connectivity index (χ1n) is 6.40. The average Bonchev–Trinajstić information content (AvgIpc) is 2.38. The lowest BCUT2D eigenvalue weighted by Crippen LogP contribution is -2.48. The monoisotopic (exact) mass is 277 g/mol. The number of hydrogen-bond acceptors (Lipinski definition) is 3. The molecule has 1 aromatic carbocycles. The smallest absolute Gasteiger partial charge is 0.219 e. The zero-order valence-corrected chi connectivity index (χ0v) is 12.2. The summed E-state index contributed by atoms with van der Waals surface area (Å²) in [4.78, 5) is 15.9. The highest BCUT2D eigenvalue weighted by atomic mass is 32.1. The van der Waals surface area contributed by atoms with Crippen molar-refractivity contribution in [3.63, 3.8) is 0 Å². The van der Waals surface area contributed by atoms with Gasteiger partial charge in [0.25, 0.3) is 0 Å². The number of aryl methyl sites for hydroxylation is 1. The molecule has 1 aromatic rings. The van der Waals surface area contributed by atoms with Gasteiger partial charge in [-0.2, -0.15) is 0 Å². The number of carbonyl (C=O) groups is 1. The van der Waals surface area contributed by atoms with Crippen LogP contribution < -0.4 is 10.6 Å². The number of amides is 1. The van der Waals surface area contributed by atoms with Crippen LogP contribution in [0.4, 0.5) is 5.69 Å². The van der Waals surface area contributed by atoms with Gasteiger partial charge in [0, 0.05) is 44.4 Å². The number of nitrogens with two attached hydrogens (primary N) is 1. The first kappa shape index (κ1) is 13.8. The van der Waals surface area contributed by atoms with Crippen LogP contribution in [-0.4, -0.2) is 42.0 Å². The summed E-state index contributed by atoms with van der Waals surface area (Å²) in [6.45, 7) is 6.94. The molecular formula is C14H19N3OS. The van der Waals surface area contributed by atoms with E-state index in [9.17, 15) is 4.79 Å². The Balaban J connectivity index is 2.10. The van der Waals surface area contributed by atoms with E-state index in [0.717, 1.165) is 37.3 Å². The fourth-order valence-corrected chi connectivity index (χ4v) is 2.63. The third kappa shape index (κ3) is 3.04. The number of nitrogens with zero attached hydrogens (tertiary/aromatic N) is 2. The third-order valence-electron chi connectivity index (χ3n) is 3.57. The summed E-state index contributed by atoms with van der Waals surface area (Å²) in [6, 6.07) is 6.13. The molecule has 19 heavy (non-hydrogen) atoms. The van der Waals surface area contributed by atoms with Gasteiger partial charge in [-0.05, 0) is 30.7 Å². The summed E-state index contributed by atoms with van der Waals surface area (Å²) in [5.74, 6) is 0.152. The fraction of sp³-hybridized carbons (Fsp3) is 0.429. The Kier molecular flexibility index (Phi) is 4.04. The maximum Gasteiger partial charge on any atom is 0.219 e. The minimum atomic E-state index is 0.152. The number of hydrogen-bond donors (Lipinski definition) is 1. The van der Waals surface area contributed by atoms with Gasteiger partial charge in [-0.25, -0.2) is 0 Å². The summed E-state index contributed by atoms with van der Waals surface area (Å²) in [6.07, 6.45) is 0. The van der Waals surface area contributed by atoms with Crippen molar-refractivity contribution in [2.24, 2.45) is 5.73 Å². The van der Waals surface area contributed by atoms with E-state index in [4.69, 9.17) is 18.0 Å². The quantitative estimate of drug-likeness (QED) is 0.828. The van der Waals surface area contributed by atoms with Crippen molar-refractivity contribution in [3.05, 3.63) is 29.3 Å². The van der Waals surface area contributed by atoms with E-state index in [1.807, 2.05) is 24.0 Å². The molecule has 1 fully saturated rings. The molecule has 1 aliphatic heterocycles. The van der Waals surface area contributed by atoms with E-state index in [-0.39, 0.29) is 5.91 Å². The first-order chi connectivity index (χ1) is 8.99. The maximum atomic E-state index is 11.3. The molecule has 0 spiro atoms. The van der Waals surface area contributed by atoms with E-state index in [2.05, 4.69) is 11.0 Å². The molecule has 1 aliphatic rings. The lowest BCUT2D eigenvalue weighted by atomic mass is 10.1. The van der Waals surface area contributed by atoms with Crippen LogP contribution in [0.5, 0.6) is 0 Å². The SMILES string of the molecule is CC(=O)N1CCN(c2ccc(C(N)=S)c(C)c2)CC1. The Morgan fingerprint density at radius 1 is 1.26 bits per heavy atom. The molecule has 1 saturated heterocycles. The average molecular weight is 277 g/mol. The minimum absolute atomic E-state index is 0.152. The second-order valence-corrected chi connectivity index (χ2v) is 5.30. The number of carbonyl (C=O) groups excluding carboxylic acids is 1. The highest BCUT2D eigenvalue weighted by molar-refractivity contribution is 7.80. The lowest BCUT2D eigenvalue weighted by Gasteiger charge is -2.35. The van der Waals surface area contributed by atoms with Gasteiger partial charge in [-0.3, -0.25) is 4.79 Å². The second-order valence-electron chi connectivity index (χ2n) is 4.86. The van der Waals surface area contributed by atoms with Crippen molar-refractivity contribution in [1.82, 2.24) is 4.90 Å². The van der Waals surface area contributed by atoms with Crippen LogP contribution in [0.25, 0.3) is 0 Å². The highest BCUT2D eigenvalue weighted by Crippen LogP contribution is 2.20. The molecule has 2 rings (SSSR count). The molecule has 102 valence electrons. The van der Waals surface area contributed by atoms with Gasteiger partial charge < -0.3 is 15.5 Å². The fourth-order valence-electron chi connectivity index (χ4n) is 2.40. The van der Waals surface area contributed by atoms with Gasteiger partial charge in [-0.1, -0.05) is 12.2 Å². The standard InChI is InChI=1S/C14H19N3OS/c1-10-9-12(3-4-13(10)14(15)19)17-7-5-16(6-8-17)11(2)18/h3-4,9H,5-8H2,1-2H3,(H2,15,19). The van der Waals surface area contributed by atoms with Crippen LogP contribution in [0.1, 0.15) is 18.1 Å². The molecule has 0 atom stereocenters. The van der Waals surface area contributed by atoms with E-state index in [0.29, 0.717) is 4.99 Å². The van der Waals surface area contributed by atoms with E-state index in [1.54, 1.807) is 6.92 Å². The van der Waals surface area contributed by atoms with Crippen molar-refractivity contribution in [3.8, 4) is 0 Å². The zero-order valence-electron chi connectivity index (χ0n) is 11.3. The topological polar surface area (TPSA) is 49.6 Å². The molecule has 0 aromatic heterocycles. The summed E-state index contributed by atoms with van der Waals surface area (Å²) in [5, 5.41) is 0. The predicted octanol–water partition coefficient (Wildman–Crippen LogP) is 1.30. The van der Waals surface area contributed by atoms with E-state index >= 15 is 0 Å². The maximum absolute atomic E-state index is 11.3. The van der Waals surface area contributed by atoms with E-state index < -0.39 is 0 Å². The van der Waals surface area contributed by atoms with Crippen LogP contribution in [0.2, 0.25) is 0 Å². The molecule has 4 nitrogen and oxygen atoms in total. The van der Waals surface area contributed by atoms with Gasteiger partial charge in [0.1, 0.15) is 4.99 Å². The largest absolute Gasteiger partial charge is 0.389 e. The van der Waals surface area contributed by atoms with E-state index in [1.165, 1.54) is 5.69 Å². The molecule has 0 unspecified atom stereocenters. The van der Waals surface area contributed by atoms with Gasteiger partial charge in [0.05, 0.1) is 0 Å². The van der Waals surface area contributed by atoms with Crippen LogP contribution in [-0.2, 0) is 4.79 Å². The van der Waals surface area contributed by atoms with Gasteiger partial charge >= 0.3 is 0 Å². The molecule has 2 N–H and O–H groups in total. The van der Waals surface area contributed by atoms with Crippen molar-refractivity contribution in [2.75, 3.05) is 31.1 Å². The molecule has 1 amide bonds. The summed E-state index contributed by atoms with van der Waals surface area (Å²) in [7, 11) is 0. The summed E-state index contributed by atoms with van der Waals surface area (Å²) in [5.41, 5.74) is 8.86. The van der Waals surface area contributed by atoms with Gasteiger partial charge in [-0.15, -0.1) is 0 Å². The molecule has 0 radical (unpaired) electrons. The number of benzene rings is 1. The number of anilines is 1. The Bertz CT molecular complexity index is 507. The Labute approximate surface area is 119 Å². The predicted molar refractivity (Wildman–Crippen MR) is 81.5 cm³/mol. The van der Waals surface area contributed by atoms with Crippen LogP contribution in [0.15, 0.2) is 18.2 Å². The number of piperazine rings is 1. The van der Waals surface area contributed by atoms with Crippen LogP contribution in [0.3, 0.4) is 0 Å². The summed E-state index contributed by atoms with van der Waals surface area (Å²) < 4.78 is 0. The van der Waals surface area contributed by atoms with Crippen LogP contribution in [0, 0.1) is 6.92 Å². The molecular weight excluding hydrogens is 258 g/mol. The van der Waals surface area contributed by atoms with Gasteiger partial charge in [0.15, 0.2) is 0 Å².